The van der Waals surface area contributed by atoms with Gasteiger partial charge in [0.2, 0.25) is 0 Å². The molecule has 106 valence electrons. The van der Waals surface area contributed by atoms with Crippen LogP contribution in [0.2, 0.25) is 0 Å². The van der Waals surface area contributed by atoms with E-state index in [1.807, 2.05) is 25.2 Å². The Bertz CT molecular complexity index is 599. The van der Waals surface area contributed by atoms with E-state index in [4.69, 9.17) is 9.47 Å². The molecule has 0 aliphatic rings. The Morgan fingerprint density at radius 1 is 0.950 bits per heavy atom. The van der Waals surface area contributed by atoms with Gasteiger partial charge in [-0.2, -0.15) is 0 Å². The second-order valence-electron chi connectivity index (χ2n) is 4.40. The number of rotatable bonds is 5. The van der Waals surface area contributed by atoms with Crippen LogP contribution in [-0.2, 0) is 6.54 Å². The van der Waals surface area contributed by atoms with Crippen molar-refractivity contribution in [3.8, 4) is 22.6 Å². The smallest absolute Gasteiger partial charge is 0.134 e. The van der Waals surface area contributed by atoms with E-state index in [2.05, 4.69) is 5.32 Å². The van der Waals surface area contributed by atoms with Crippen molar-refractivity contribution in [2.45, 2.75) is 6.54 Å². The van der Waals surface area contributed by atoms with Gasteiger partial charge in [-0.05, 0) is 42.4 Å². The molecule has 2 rings (SSSR count). The van der Waals surface area contributed by atoms with Crippen molar-refractivity contribution < 1.29 is 13.9 Å². The van der Waals surface area contributed by atoms with Crippen molar-refractivity contribution >= 4 is 0 Å². The molecule has 0 bridgehead atoms. The molecule has 0 atom stereocenters. The Balaban J connectivity index is 2.50. The first kappa shape index (κ1) is 14.3. The molecule has 2 aromatic rings. The summed E-state index contributed by atoms with van der Waals surface area (Å²) < 4.78 is 24.4. The zero-order chi connectivity index (χ0) is 14.5. The monoisotopic (exact) mass is 275 g/mol. The van der Waals surface area contributed by atoms with Gasteiger partial charge >= 0.3 is 0 Å². The molecule has 0 spiro atoms. The fourth-order valence-corrected chi connectivity index (χ4v) is 2.14. The van der Waals surface area contributed by atoms with Gasteiger partial charge in [0.1, 0.15) is 17.3 Å². The summed E-state index contributed by atoms with van der Waals surface area (Å²) in [5.41, 5.74) is 2.38. The van der Waals surface area contributed by atoms with Crippen molar-refractivity contribution in [3.63, 3.8) is 0 Å². The fraction of sp³-hybridized carbons (Fsp3) is 0.250. The standard InChI is InChI=1S/C16H18FNO2/c1-18-10-11-8-12(19-2)4-6-14(11)15-7-5-13(20-3)9-16(15)17/h4-9,18H,10H2,1-3H3. The molecular weight excluding hydrogens is 257 g/mol. The third-order valence-corrected chi connectivity index (χ3v) is 3.15. The van der Waals surface area contributed by atoms with Crippen LogP contribution >= 0.6 is 0 Å². The largest absolute Gasteiger partial charge is 0.497 e. The first-order valence-corrected chi connectivity index (χ1v) is 6.35. The van der Waals surface area contributed by atoms with Crippen molar-refractivity contribution in [1.29, 1.82) is 0 Å². The average molecular weight is 275 g/mol. The minimum Gasteiger partial charge on any atom is -0.497 e. The van der Waals surface area contributed by atoms with E-state index in [-0.39, 0.29) is 5.82 Å². The van der Waals surface area contributed by atoms with E-state index in [1.165, 1.54) is 13.2 Å². The van der Waals surface area contributed by atoms with Gasteiger partial charge in [-0.3, -0.25) is 0 Å². The Labute approximate surface area is 118 Å². The summed E-state index contributed by atoms with van der Waals surface area (Å²) in [5.74, 6) is 0.967. The van der Waals surface area contributed by atoms with E-state index in [0.29, 0.717) is 17.9 Å². The van der Waals surface area contributed by atoms with Gasteiger partial charge in [-0.1, -0.05) is 6.07 Å². The summed E-state index contributed by atoms with van der Waals surface area (Å²) in [5, 5.41) is 3.08. The molecule has 0 saturated heterocycles. The maximum atomic E-state index is 14.2. The van der Waals surface area contributed by atoms with Gasteiger partial charge in [0, 0.05) is 18.2 Å². The van der Waals surface area contributed by atoms with Crippen LogP contribution in [0, 0.1) is 5.82 Å². The van der Waals surface area contributed by atoms with E-state index in [1.54, 1.807) is 19.2 Å². The lowest BCUT2D eigenvalue weighted by molar-refractivity contribution is 0.411. The van der Waals surface area contributed by atoms with Gasteiger partial charge in [-0.25, -0.2) is 4.39 Å². The number of hydrogen-bond donors (Lipinski definition) is 1. The van der Waals surface area contributed by atoms with Crippen LogP contribution in [0.15, 0.2) is 36.4 Å². The Morgan fingerprint density at radius 3 is 2.10 bits per heavy atom. The van der Waals surface area contributed by atoms with E-state index in [0.717, 1.165) is 16.9 Å². The van der Waals surface area contributed by atoms with Gasteiger partial charge in [-0.15, -0.1) is 0 Å². The molecule has 0 aliphatic carbocycles. The summed E-state index contributed by atoms with van der Waals surface area (Å²) in [4.78, 5) is 0. The number of ether oxygens (including phenoxy) is 2. The minimum atomic E-state index is -0.299. The number of hydrogen-bond acceptors (Lipinski definition) is 3. The number of nitrogens with one attached hydrogen (secondary N) is 1. The lowest BCUT2D eigenvalue weighted by Gasteiger charge is -2.13. The van der Waals surface area contributed by atoms with Crippen LogP contribution in [0.25, 0.3) is 11.1 Å². The highest BCUT2D eigenvalue weighted by Gasteiger charge is 2.11. The van der Waals surface area contributed by atoms with E-state index < -0.39 is 0 Å². The third-order valence-electron chi connectivity index (χ3n) is 3.15. The first-order chi connectivity index (χ1) is 9.69. The highest BCUT2D eigenvalue weighted by atomic mass is 19.1. The molecule has 0 aromatic heterocycles. The van der Waals surface area contributed by atoms with Gasteiger partial charge in [0.05, 0.1) is 14.2 Å². The van der Waals surface area contributed by atoms with Gasteiger partial charge in [0.15, 0.2) is 0 Å². The predicted molar refractivity (Wildman–Crippen MR) is 77.7 cm³/mol. The van der Waals surface area contributed by atoms with Crippen molar-refractivity contribution in [2.24, 2.45) is 0 Å². The lowest BCUT2D eigenvalue weighted by atomic mass is 9.98. The van der Waals surface area contributed by atoms with E-state index in [9.17, 15) is 4.39 Å². The summed E-state index contributed by atoms with van der Waals surface area (Å²) >= 11 is 0. The van der Waals surface area contributed by atoms with Crippen molar-refractivity contribution in [2.75, 3.05) is 21.3 Å². The molecule has 0 heterocycles. The van der Waals surface area contributed by atoms with Crippen LogP contribution in [0.1, 0.15) is 5.56 Å². The zero-order valence-corrected chi connectivity index (χ0v) is 11.9. The summed E-state index contributed by atoms with van der Waals surface area (Å²) in [6.07, 6.45) is 0. The van der Waals surface area contributed by atoms with Crippen LogP contribution < -0.4 is 14.8 Å². The number of methoxy groups -OCH3 is 2. The van der Waals surface area contributed by atoms with Crippen molar-refractivity contribution in [3.05, 3.63) is 47.8 Å². The maximum Gasteiger partial charge on any atom is 0.134 e. The second-order valence-corrected chi connectivity index (χ2v) is 4.40. The van der Waals surface area contributed by atoms with Gasteiger partial charge in [0.25, 0.3) is 0 Å². The minimum absolute atomic E-state index is 0.299. The summed E-state index contributed by atoms with van der Waals surface area (Å²) in [7, 11) is 4.99. The predicted octanol–water partition coefficient (Wildman–Crippen LogP) is 3.23. The van der Waals surface area contributed by atoms with Crippen LogP contribution in [0.3, 0.4) is 0 Å². The average Bonchev–Trinajstić information content (AvgIpc) is 2.47. The lowest BCUT2D eigenvalue weighted by Crippen LogP contribution is -2.07. The van der Waals surface area contributed by atoms with Crippen molar-refractivity contribution in [1.82, 2.24) is 5.32 Å². The molecule has 20 heavy (non-hydrogen) atoms. The van der Waals surface area contributed by atoms with E-state index >= 15 is 0 Å². The summed E-state index contributed by atoms with van der Waals surface area (Å²) in [6.45, 7) is 0.637. The molecule has 1 N–H and O–H groups in total. The van der Waals surface area contributed by atoms with Crippen LogP contribution in [0.4, 0.5) is 4.39 Å². The molecule has 0 unspecified atom stereocenters. The second kappa shape index (κ2) is 6.39. The zero-order valence-electron chi connectivity index (χ0n) is 11.9. The number of halogens is 1. The quantitative estimate of drug-likeness (QED) is 0.908. The molecule has 0 fully saturated rings. The highest BCUT2D eigenvalue weighted by Crippen LogP contribution is 2.31. The molecule has 4 heteroatoms. The maximum absolute atomic E-state index is 14.2. The normalized spacial score (nSPS) is 10.4. The first-order valence-electron chi connectivity index (χ1n) is 6.35. The molecule has 3 nitrogen and oxygen atoms in total. The number of benzene rings is 2. The highest BCUT2D eigenvalue weighted by molar-refractivity contribution is 5.69. The third kappa shape index (κ3) is 2.91. The molecular formula is C16H18FNO2. The Morgan fingerprint density at radius 2 is 1.55 bits per heavy atom. The molecule has 2 aromatic carbocycles. The molecule has 0 amide bonds. The Hall–Kier alpha value is -2.07. The molecule has 0 aliphatic heterocycles. The molecule has 0 saturated carbocycles. The van der Waals surface area contributed by atoms with Crippen LogP contribution in [0.5, 0.6) is 11.5 Å². The topological polar surface area (TPSA) is 30.5 Å². The molecule has 0 radical (unpaired) electrons. The fourth-order valence-electron chi connectivity index (χ4n) is 2.14. The Kier molecular flexibility index (Phi) is 4.58. The summed E-state index contributed by atoms with van der Waals surface area (Å²) in [6, 6.07) is 10.5. The van der Waals surface area contributed by atoms with Crippen LogP contribution in [-0.4, -0.2) is 21.3 Å². The SMILES string of the molecule is CNCc1cc(OC)ccc1-c1ccc(OC)cc1F. The van der Waals surface area contributed by atoms with Gasteiger partial charge < -0.3 is 14.8 Å².